The number of carbonyl (C=O) groups excluding carboxylic acids is 2. The highest BCUT2D eigenvalue weighted by Crippen LogP contribution is 2.18. The Labute approximate surface area is 124 Å². The number of rotatable bonds is 3. The zero-order valence-electron chi connectivity index (χ0n) is 12.5. The molecule has 1 aliphatic rings. The van der Waals surface area contributed by atoms with Gasteiger partial charge in [0.15, 0.2) is 0 Å². The normalized spacial score (nSPS) is 17.7. The minimum Gasteiger partial charge on any atom is -0.399 e. The topological polar surface area (TPSA) is 87.5 Å². The van der Waals surface area contributed by atoms with E-state index in [1.54, 1.807) is 12.1 Å². The van der Waals surface area contributed by atoms with E-state index in [2.05, 4.69) is 10.6 Å². The molecule has 0 aliphatic carbocycles. The second kappa shape index (κ2) is 6.58. The van der Waals surface area contributed by atoms with Gasteiger partial charge in [0.1, 0.15) is 0 Å². The largest absolute Gasteiger partial charge is 0.399 e. The van der Waals surface area contributed by atoms with Crippen LogP contribution in [0.15, 0.2) is 18.2 Å². The Morgan fingerprint density at radius 2 is 2.24 bits per heavy atom. The second-order valence-electron chi connectivity index (χ2n) is 5.41. The number of amides is 2. The van der Waals surface area contributed by atoms with E-state index in [0.717, 1.165) is 24.2 Å². The van der Waals surface area contributed by atoms with Crippen molar-refractivity contribution >= 4 is 23.2 Å². The van der Waals surface area contributed by atoms with Crippen molar-refractivity contribution in [2.24, 2.45) is 0 Å². The maximum absolute atomic E-state index is 12.4. The van der Waals surface area contributed by atoms with E-state index in [4.69, 9.17) is 5.73 Å². The zero-order valence-corrected chi connectivity index (χ0v) is 12.5. The van der Waals surface area contributed by atoms with E-state index < -0.39 is 0 Å². The van der Waals surface area contributed by atoms with Crippen molar-refractivity contribution in [1.29, 1.82) is 0 Å². The Kier molecular flexibility index (Phi) is 4.80. The predicted molar refractivity (Wildman–Crippen MR) is 82.9 cm³/mol. The second-order valence-corrected chi connectivity index (χ2v) is 5.41. The van der Waals surface area contributed by atoms with Gasteiger partial charge >= 0.3 is 0 Å². The van der Waals surface area contributed by atoms with Gasteiger partial charge in [0.25, 0.3) is 0 Å². The summed E-state index contributed by atoms with van der Waals surface area (Å²) in [5.41, 5.74) is 8.04. The van der Waals surface area contributed by atoms with Crippen molar-refractivity contribution in [2.45, 2.75) is 26.3 Å². The first-order chi connectivity index (χ1) is 9.97. The van der Waals surface area contributed by atoms with Gasteiger partial charge in [-0.3, -0.25) is 14.5 Å². The molecule has 0 bridgehead atoms. The Bertz CT molecular complexity index is 544. The highest BCUT2D eigenvalue weighted by Gasteiger charge is 2.25. The first-order valence-corrected chi connectivity index (χ1v) is 7.15. The van der Waals surface area contributed by atoms with Crippen LogP contribution < -0.4 is 16.4 Å². The molecule has 0 saturated carbocycles. The van der Waals surface area contributed by atoms with Crippen LogP contribution in [-0.4, -0.2) is 42.4 Å². The lowest BCUT2D eigenvalue weighted by atomic mass is 10.1. The lowest BCUT2D eigenvalue weighted by molar-refractivity contribution is -0.124. The van der Waals surface area contributed by atoms with Crippen molar-refractivity contribution in [3.05, 3.63) is 23.8 Å². The molecule has 0 spiro atoms. The quantitative estimate of drug-likeness (QED) is 0.716. The van der Waals surface area contributed by atoms with E-state index in [1.807, 2.05) is 24.8 Å². The molecule has 114 valence electrons. The summed E-state index contributed by atoms with van der Waals surface area (Å²) in [5, 5.41) is 5.71. The van der Waals surface area contributed by atoms with Gasteiger partial charge in [-0.1, -0.05) is 0 Å². The SMILES string of the molecule is Cc1cc(N)ccc1NC(=O)C(C)N1CCCNC(=O)C1. The number of carbonyl (C=O) groups is 2. The lowest BCUT2D eigenvalue weighted by Gasteiger charge is -2.25. The third-order valence-corrected chi connectivity index (χ3v) is 3.73. The zero-order chi connectivity index (χ0) is 15.4. The first-order valence-electron chi connectivity index (χ1n) is 7.15. The van der Waals surface area contributed by atoms with E-state index in [9.17, 15) is 9.59 Å². The van der Waals surface area contributed by atoms with Gasteiger partial charge in [-0.15, -0.1) is 0 Å². The van der Waals surface area contributed by atoms with Crippen LogP contribution >= 0.6 is 0 Å². The summed E-state index contributed by atoms with van der Waals surface area (Å²) in [4.78, 5) is 25.8. The van der Waals surface area contributed by atoms with Crippen LogP contribution in [0.5, 0.6) is 0 Å². The number of aryl methyl sites for hydroxylation is 1. The maximum Gasteiger partial charge on any atom is 0.241 e. The van der Waals surface area contributed by atoms with Crippen molar-refractivity contribution in [1.82, 2.24) is 10.2 Å². The Morgan fingerprint density at radius 3 is 2.95 bits per heavy atom. The fourth-order valence-corrected chi connectivity index (χ4v) is 2.39. The molecule has 4 N–H and O–H groups in total. The van der Waals surface area contributed by atoms with Crippen LogP contribution in [0.4, 0.5) is 11.4 Å². The molecule has 1 aliphatic heterocycles. The molecule has 6 heteroatoms. The van der Waals surface area contributed by atoms with Crippen LogP contribution in [0.25, 0.3) is 0 Å². The molecule has 1 unspecified atom stereocenters. The summed E-state index contributed by atoms with van der Waals surface area (Å²) in [5.74, 6) is -0.145. The number of nitrogens with zero attached hydrogens (tertiary/aromatic N) is 1. The molecule has 1 aromatic carbocycles. The molecular formula is C15H22N4O2. The van der Waals surface area contributed by atoms with Crippen molar-refractivity contribution in [2.75, 3.05) is 30.7 Å². The highest BCUT2D eigenvalue weighted by molar-refractivity contribution is 5.95. The first kappa shape index (κ1) is 15.3. The molecule has 0 aromatic heterocycles. The summed E-state index contributed by atoms with van der Waals surface area (Å²) < 4.78 is 0. The maximum atomic E-state index is 12.4. The predicted octanol–water partition coefficient (Wildman–Crippen LogP) is 0.726. The number of hydrogen-bond donors (Lipinski definition) is 3. The van der Waals surface area contributed by atoms with Gasteiger partial charge in [-0.2, -0.15) is 0 Å². The smallest absolute Gasteiger partial charge is 0.241 e. The average molecular weight is 290 g/mol. The summed E-state index contributed by atoms with van der Waals surface area (Å²) in [6.45, 7) is 5.38. The Hall–Kier alpha value is -2.08. The molecular weight excluding hydrogens is 268 g/mol. The van der Waals surface area contributed by atoms with Gasteiger partial charge in [-0.05, 0) is 44.0 Å². The number of benzene rings is 1. The summed E-state index contributed by atoms with van der Waals surface area (Å²) >= 11 is 0. The molecule has 1 aromatic rings. The van der Waals surface area contributed by atoms with E-state index in [0.29, 0.717) is 12.2 Å². The van der Waals surface area contributed by atoms with Gasteiger partial charge in [0.05, 0.1) is 12.6 Å². The van der Waals surface area contributed by atoms with E-state index in [-0.39, 0.29) is 24.4 Å². The number of nitrogens with one attached hydrogen (secondary N) is 2. The van der Waals surface area contributed by atoms with Crippen molar-refractivity contribution < 1.29 is 9.59 Å². The number of nitrogen functional groups attached to an aromatic ring is 1. The Morgan fingerprint density at radius 1 is 1.48 bits per heavy atom. The highest BCUT2D eigenvalue weighted by atomic mass is 16.2. The fraction of sp³-hybridized carbons (Fsp3) is 0.467. The third-order valence-electron chi connectivity index (χ3n) is 3.73. The van der Waals surface area contributed by atoms with Crippen molar-refractivity contribution in [3.63, 3.8) is 0 Å². The van der Waals surface area contributed by atoms with Crippen LogP contribution in [0.1, 0.15) is 18.9 Å². The van der Waals surface area contributed by atoms with Gasteiger partial charge in [0.2, 0.25) is 11.8 Å². The standard InChI is InChI=1S/C15H22N4O2/c1-10-8-12(16)4-5-13(10)18-15(21)11(2)19-7-3-6-17-14(20)9-19/h4-5,8,11H,3,6-7,9,16H2,1-2H3,(H,17,20)(H,18,21). The monoisotopic (exact) mass is 290 g/mol. The minimum atomic E-state index is -0.356. The number of anilines is 2. The van der Waals surface area contributed by atoms with Gasteiger partial charge < -0.3 is 16.4 Å². The van der Waals surface area contributed by atoms with Crippen molar-refractivity contribution in [3.8, 4) is 0 Å². The molecule has 2 rings (SSSR count). The molecule has 1 saturated heterocycles. The number of hydrogen-bond acceptors (Lipinski definition) is 4. The molecule has 2 amide bonds. The Balaban J connectivity index is 2.03. The van der Waals surface area contributed by atoms with Gasteiger partial charge in [0, 0.05) is 24.5 Å². The molecule has 1 heterocycles. The summed E-state index contributed by atoms with van der Waals surface area (Å²) in [6, 6.07) is 5.02. The molecule has 21 heavy (non-hydrogen) atoms. The molecule has 1 atom stereocenters. The fourth-order valence-electron chi connectivity index (χ4n) is 2.39. The van der Waals surface area contributed by atoms with Crippen LogP contribution in [-0.2, 0) is 9.59 Å². The average Bonchev–Trinajstić information content (AvgIpc) is 2.65. The number of nitrogens with two attached hydrogens (primary N) is 1. The minimum absolute atomic E-state index is 0.0317. The molecule has 6 nitrogen and oxygen atoms in total. The third kappa shape index (κ3) is 3.95. The van der Waals surface area contributed by atoms with Crippen LogP contribution in [0, 0.1) is 6.92 Å². The van der Waals surface area contributed by atoms with E-state index in [1.165, 1.54) is 0 Å². The van der Waals surface area contributed by atoms with Gasteiger partial charge in [-0.25, -0.2) is 0 Å². The van der Waals surface area contributed by atoms with Crippen LogP contribution in [0.2, 0.25) is 0 Å². The van der Waals surface area contributed by atoms with Crippen LogP contribution in [0.3, 0.4) is 0 Å². The summed E-state index contributed by atoms with van der Waals surface area (Å²) in [7, 11) is 0. The molecule has 1 fully saturated rings. The summed E-state index contributed by atoms with van der Waals surface area (Å²) in [6.07, 6.45) is 0.851. The van der Waals surface area contributed by atoms with E-state index >= 15 is 0 Å². The molecule has 0 radical (unpaired) electrons. The lowest BCUT2D eigenvalue weighted by Crippen LogP contribution is -2.45.